The zero-order valence-electron chi connectivity index (χ0n) is 19.9. The van der Waals surface area contributed by atoms with Gasteiger partial charge in [0.15, 0.2) is 5.75 Å². The average molecular weight is 602 g/mol. The second kappa shape index (κ2) is 13.2. The van der Waals surface area contributed by atoms with Crippen molar-refractivity contribution in [2.45, 2.75) is 36.7 Å². The van der Waals surface area contributed by atoms with Gasteiger partial charge in [0.05, 0.1) is 38.1 Å². The van der Waals surface area contributed by atoms with Gasteiger partial charge >= 0.3 is 5.97 Å². The summed E-state index contributed by atoms with van der Waals surface area (Å²) in [6, 6.07) is 8.07. The fourth-order valence-corrected chi connectivity index (χ4v) is 6.43. The number of alkyl halides is 1. The highest BCUT2D eigenvalue weighted by Gasteiger charge is 2.23. The number of benzene rings is 2. The molecule has 0 N–H and O–H groups in total. The molecule has 0 aliphatic rings. The summed E-state index contributed by atoms with van der Waals surface area (Å²) >= 11 is 18.3. The smallest absolute Gasteiger partial charge is 0.303 e. The Hall–Kier alpha value is -1.72. The number of hydrogen-bond acceptors (Lipinski definition) is 8. The third-order valence-electron chi connectivity index (χ3n) is 4.85. The number of rotatable bonds is 13. The predicted octanol–water partition coefficient (Wildman–Crippen LogP) is 4.83. The number of esters is 1. The van der Waals surface area contributed by atoms with Crippen LogP contribution in [0.4, 0.5) is 0 Å². The molecule has 0 saturated heterocycles. The molecule has 36 heavy (non-hydrogen) atoms. The van der Waals surface area contributed by atoms with Crippen molar-refractivity contribution in [1.29, 1.82) is 0 Å². The van der Waals surface area contributed by atoms with Gasteiger partial charge in [0.2, 0.25) is 9.84 Å². The van der Waals surface area contributed by atoms with Gasteiger partial charge in [0, 0.05) is 18.6 Å². The van der Waals surface area contributed by atoms with Gasteiger partial charge in [-0.2, -0.15) is 0 Å². The van der Waals surface area contributed by atoms with E-state index in [9.17, 15) is 21.6 Å². The minimum Gasteiger partial charge on any atom is -0.490 e. The fourth-order valence-electron chi connectivity index (χ4n) is 3.04. The molecule has 0 aliphatic heterocycles. The van der Waals surface area contributed by atoms with Crippen molar-refractivity contribution in [3.05, 3.63) is 46.4 Å². The van der Waals surface area contributed by atoms with Gasteiger partial charge in [-0.3, -0.25) is 4.79 Å². The number of ether oxygens (including phenoxy) is 3. The van der Waals surface area contributed by atoms with Crippen LogP contribution < -0.4 is 9.47 Å². The van der Waals surface area contributed by atoms with Gasteiger partial charge in [0.1, 0.15) is 28.3 Å². The van der Waals surface area contributed by atoms with Crippen molar-refractivity contribution in [1.82, 2.24) is 0 Å². The predicted molar refractivity (Wildman–Crippen MR) is 139 cm³/mol. The van der Waals surface area contributed by atoms with Crippen molar-refractivity contribution in [3.63, 3.8) is 0 Å². The van der Waals surface area contributed by atoms with E-state index in [0.29, 0.717) is 5.75 Å². The van der Waals surface area contributed by atoms with Crippen LogP contribution in [0.15, 0.2) is 46.2 Å². The maximum Gasteiger partial charge on any atom is 0.303 e. The van der Waals surface area contributed by atoms with Crippen molar-refractivity contribution in [2.24, 2.45) is 5.92 Å². The SMILES string of the molecule is CCS(=O)(=O)C[C@@H](C)COc1c(Cl)cc(S(=O)(=O)c2ccc(OC[C@H](CCl)OC(C)=O)cc2)cc1Cl. The maximum absolute atomic E-state index is 13.1. The van der Waals surface area contributed by atoms with Gasteiger partial charge in [0.25, 0.3) is 0 Å². The Labute approximate surface area is 226 Å². The molecule has 2 aromatic rings. The molecule has 0 fully saturated rings. The fraction of sp³-hybridized carbons (Fsp3) is 0.435. The lowest BCUT2D eigenvalue weighted by Crippen LogP contribution is -2.25. The van der Waals surface area contributed by atoms with E-state index in [2.05, 4.69) is 0 Å². The molecule has 2 atom stereocenters. The van der Waals surface area contributed by atoms with E-state index < -0.39 is 31.7 Å². The van der Waals surface area contributed by atoms with Gasteiger partial charge in [-0.25, -0.2) is 16.8 Å². The number of halogens is 3. The Kier molecular flexibility index (Phi) is 11.2. The molecule has 13 heteroatoms. The van der Waals surface area contributed by atoms with Crippen molar-refractivity contribution < 1.29 is 35.8 Å². The lowest BCUT2D eigenvalue weighted by atomic mass is 10.2. The highest BCUT2D eigenvalue weighted by Crippen LogP contribution is 2.37. The number of carbonyl (C=O) groups is 1. The minimum absolute atomic E-state index is 0.00481. The molecule has 0 spiro atoms. The molecule has 2 rings (SSSR count). The number of sulfone groups is 2. The molecule has 0 heterocycles. The maximum atomic E-state index is 13.1. The molecule has 200 valence electrons. The van der Waals surface area contributed by atoms with Crippen LogP contribution in [-0.4, -0.2) is 59.5 Å². The van der Waals surface area contributed by atoms with Gasteiger partial charge in [-0.1, -0.05) is 37.0 Å². The van der Waals surface area contributed by atoms with E-state index >= 15 is 0 Å². The normalized spacial score (nSPS) is 13.6. The molecule has 0 unspecified atom stereocenters. The van der Waals surface area contributed by atoms with E-state index in [4.69, 9.17) is 49.0 Å². The Morgan fingerprint density at radius 1 is 0.944 bits per heavy atom. The zero-order chi connectivity index (χ0) is 27.1. The number of carbonyl (C=O) groups excluding carboxylic acids is 1. The van der Waals surface area contributed by atoms with Gasteiger partial charge < -0.3 is 14.2 Å². The van der Waals surface area contributed by atoms with Crippen molar-refractivity contribution in [2.75, 3.05) is 30.6 Å². The van der Waals surface area contributed by atoms with Crippen LogP contribution in [-0.2, 0) is 29.2 Å². The van der Waals surface area contributed by atoms with E-state index in [1.54, 1.807) is 13.8 Å². The third-order valence-corrected chi connectivity index (χ3v) is 9.46. The second-order valence-electron chi connectivity index (χ2n) is 8.00. The summed E-state index contributed by atoms with van der Waals surface area (Å²) in [5.74, 6) is -0.358. The van der Waals surface area contributed by atoms with Gasteiger partial charge in [-0.15, -0.1) is 11.6 Å². The largest absolute Gasteiger partial charge is 0.490 e. The molecular weight excluding hydrogens is 575 g/mol. The quantitative estimate of drug-likeness (QED) is 0.237. The first-order chi connectivity index (χ1) is 16.8. The first kappa shape index (κ1) is 30.5. The van der Waals surface area contributed by atoms with Crippen LogP contribution in [0.3, 0.4) is 0 Å². The molecule has 0 amide bonds. The second-order valence-corrected chi connectivity index (χ2v) is 13.5. The van der Waals surface area contributed by atoms with Crippen LogP contribution in [0, 0.1) is 5.92 Å². The summed E-state index contributed by atoms with van der Waals surface area (Å²) in [5, 5.41) is -0.0478. The summed E-state index contributed by atoms with van der Waals surface area (Å²) in [4.78, 5) is 10.9. The first-order valence-corrected chi connectivity index (χ1v) is 15.4. The Morgan fingerprint density at radius 2 is 1.53 bits per heavy atom. The third kappa shape index (κ3) is 8.69. The molecule has 0 bridgehead atoms. The molecule has 2 aromatic carbocycles. The topological polar surface area (TPSA) is 113 Å². The molecule has 0 aromatic heterocycles. The van der Waals surface area contributed by atoms with Crippen LogP contribution >= 0.6 is 34.8 Å². The lowest BCUT2D eigenvalue weighted by Gasteiger charge is -2.16. The number of hydrogen-bond donors (Lipinski definition) is 0. The van der Waals surface area contributed by atoms with Crippen LogP contribution in [0.25, 0.3) is 0 Å². The molecule has 0 saturated carbocycles. The molecule has 0 radical (unpaired) electrons. The summed E-state index contributed by atoms with van der Waals surface area (Å²) in [6.45, 7) is 4.59. The van der Waals surface area contributed by atoms with Crippen molar-refractivity contribution in [3.8, 4) is 11.5 Å². The summed E-state index contributed by atoms with van der Waals surface area (Å²) in [6.07, 6.45) is -0.642. The first-order valence-electron chi connectivity index (χ1n) is 10.8. The Morgan fingerprint density at radius 3 is 2.03 bits per heavy atom. The summed E-state index contributed by atoms with van der Waals surface area (Å²) in [5.41, 5.74) is 0. The van der Waals surface area contributed by atoms with Gasteiger partial charge in [-0.05, 0) is 36.4 Å². The minimum atomic E-state index is -3.98. The Bertz CT molecular complexity index is 1240. The molecule has 8 nitrogen and oxygen atoms in total. The lowest BCUT2D eigenvalue weighted by molar-refractivity contribution is -0.146. The standard InChI is InChI=1S/C23H27Cl3O8S2/c1-4-35(28,29)14-15(2)12-33-23-21(25)9-20(10-22(23)26)36(30,31)19-7-5-17(6-8-19)32-13-18(11-24)34-16(3)27/h5-10,15,18H,4,11-14H2,1-3H3/t15-,18-/m0/s1. The van der Waals surface area contributed by atoms with E-state index in [-0.39, 0.29) is 62.1 Å². The van der Waals surface area contributed by atoms with E-state index in [1.165, 1.54) is 43.3 Å². The molecular formula is C23H27Cl3O8S2. The monoisotopic (exact) mass is 600 g/mol. The zero-order valence-corrected chi connectivity index (χ0v) is 23.8. The van der Waals surface area contributed by atoms with Crippen molar-refractivity contribution >= 4 is 60.4 Å². The Balaban J connectivity index is 2.14. The molecule has 0 aliphatic carbocycles. The summed E-state index contributed by atoms with van der Waals surface area (Å²) in [7, 11) is -7.16. The highest BCUT2D eigenvalue weighted by atomic mass is 35.5. The van der Waals surface area contributed by atoms with Crippen LogP contribution in [0.5, 0.6) is 11.5 Å². The van der Waals surface area contributed by atoms with Crippen LogP contribution in [0.2, 0.25) is 10.0 Å². The summed E-state index contributed by atoms with van der Waals surface area (Å²) < 4.78 is 65.9. The van der Waals surface area contributed by atoms with E-state index in [1.807, 2.05) is 0 Å². The van der Waals surface area contributed by atoms with Crippen LogP contribution in [0.1, 0.15) is 20.8 Å². The van der Waals surface area contributed by atoms with E-state index in [0.717, 1.165) is 0 Å². The highest BCUT2D eigenvalue weighted by molar-refractivity contribution is 7.91. The average Bonchev–Trinajstić information content (AvgIpc) is 2.80.